The highest BCUT2D eigenvalue weighted by Gasteiger charge is 2.53. The van der Waals surface area contributed by atoms with E-state index in [1.807, 2.05) is 0 Å². The first-order valence-electron chi connectivity index (χ1n) is 3.72. The summed E-state index contributed by atoms with van der Waals surface area (Å²) in [4.78, 5) is 10.5. The molecule has 3 N–H and O–H groups in total. The third-order valence-corrected chi connectivity index (χ3v) is 2.11. The minimum atomic E-state index is -1.44. The molecule has 1 atom stereocenters. The van der Waals surface area contributed by atoms with Crippen LogP contribution in [0.2, 0.25) is 0 Å². The van der Waals surface area contributed by atoms with Gasteiger partial charge < -0.3 is 10.8 Å². The quantitative estimate of drug-likeness (QED) is 0.632. The summed E-state index contributed by atoms with van der Waals surface area (Å²) in [6.45, 7) is 0.239. The summed E-state index contributed by atoms with van der Waals surface area (Å²) in [5.41, 5.74) is 3.72. The maximum absolute atomic E-state index is 13.2. The molecule has 0 radical (unpaired) electrons. The number of carboxylic acid groups (broad SMARTS) is 1. The van der Waals surface area contributed by atoms with E-state index in [1.165, 1.54) is 0 Å². The van der Waals surface area contributed by atoms with Crippen LogP contribution in [0.1, 0.15) is 19.3 Å². The predicted molar refractivity (Wildman–Crippen MR) is 37.9 cm³/mol. The number of halogens is 1. The molecule has 1 unspecified atom stereocenters. The molecule has 0 aliphatic heterocycles. The summed E-state index contributed by atoms with van der Waals surface area (Å²) in [6, 6.07) is 0. The second-order valence-electron chi connectivity index (χ2n) is 3.00. The van der Waals surface area contributed by atoms with Gasteiger partial charge in [0.2, 0.25) is 0 Å². The first-order valence-corrected chi connectivity index (χ1v) is 3.72. The lowest BCUT2D eigenvalue weighted by Crippen LogP contribution is -2.28. The molecule has 0 bridgehead atoms. The van der Waals surface area contributed by atoms with Gasteiger partial charge in [-0.05, 0) is 25.8 Å². The van der Waals surface area contributed by atoms with Crippen LogP contribution < -0.4 is 5.73 Å². The Bertz CT molecular complexity index is 168. The Balaban J connectivity index is 2.52. The normalized spacial score (nSPS) is 22.7. The van der Waals surface area contributed by atoms with Crippen molar-refractivity contribution in [3.05, 3.63) is 0 Å². The molecule has 0 heterocycles. The lowest BCUT2D eigenvalue weighted by molar-refractivity contribution is -0.144. The number of aliphatic carboxylic acids is 1. The van der Waals surface area contributed by atoms with Gasteiger partial charge in [-0.2, -0.15) is 0 Å². The molecule has 0 saturated heterocycles. The predicted octanol–water partition coefficient (Wildman–Crippen LogP) is 0.538. The molecule has 0 amide bonds. The fourth-order valence-corrected chi connectivity index (χ4v) is 1.24. The second kappa shape index (κ2) is 2.77. The van der Waals surface area contributed by atoms with Crippen LogP contribution in [0, 0.1) is 5.92 Å². The highest BCUT2D eigenvalue weighted by molar-refractivity contribution is 5.72. The largest absolute Gasteiger partial charge is 0.481 e. The zero-order valence-electron chi connectivity index (χ0n) is 6.22. The van der Waals surface area contributed by atoms with Gasteiger partial charge in [0, 0.05) is 0 Å². The van der Waals surface area contributed by atoms with E-state index in [1.54, 1.807) is 0 Å². The molecular weight excluding hydrogens is 149 g/mol. The van der Waals surface area contributed by atoms with E-state index in [-0.39, 0.29) is 13.0 Å². The number of hydrogen-bond acceptors (Lipinski definition) is 2. The van der Waals surface area contributed by atoms with Crippen LogP contribution in [0.25, 0.3) is 0 Å². The summed E-state index contributed by atoms with van der Waals surface area (Å²) in [7, 11) is 0. The smallest absolute Gasteiger partial charge is 0.309 e. The Hall–Kier alpha value is -0.640. The minimum absolute atomic E-state index is 0.239. The van der Waals surface area contributed by atoms with Crippen molar-refractivity contribution in [1.82, 2.24) is 0 Å². The number of rotatable bonds is 4. The van der Waals surface area contributed by atoms with Crippen molar-refractivity contribution in [2.24, 2.45) is 11.7 Å². The molecule has 1 saturated carbocycles. The standard InChI is InChI=1S/C7H12FNO2/c8-7(2-3-7)5(1-4-9)6(10)11/h5H,1-4,9H2,(H,10,11). The average Bonchev–Trinajstić information content (AvgIpc) is 2.63. The molecular formula is C7H12FNO2. The molecule has 11 heavy (non-hydrogen) atoms. The van der Waals surface area contributed by atoms with E-state index in [2.05, 4.69) is 0 Å². The Labute approximate surface area is 64.4 Å². The molecule has 4 heteroatoms. The fraction of sp³-hybridized carbons (Fsp3) is 0.857. The molecule has 0 aromatic carbocycles. The summed E-state index contributed by atoms with van der Waals surface area (Å²) in [5.74, 6) is -1.94. The SMILES string of the molecule is NCCC(C(=O)O)C1(F)CC1. The first-order chi connectivity index (χ1) is 5.10. The monoisotopic (exact) mass is 161 g/mol. The number of carboxylic acids is 1. The number of hydrogen-bond donors (Lipinski definition) is 2. The van der Waals surface area contributed by atoms with Gasteiger partial charge in [-0.3, -0.25) is 4.79 Å². The summed E-state index contributed by atoms with van der Waals surface area (Å²) in [6.07, 6.45) is 1.000. The van der Waals surface area contributed by atoms with Gasteiger partial charge in [-0.15, -0.1) is 0 Å². The molecule has 1 aliphatic carbocycles. The third kappa shape index (κ3) is 1.68. The van der Waals surface area contributed by atoms with Crippen LogP contribution in [-0.2, 0) is 4.79 Å². The average molecular weight is 161 g/mol. The zero-order valence-corrected chi connectivity index (χ0v) is 6.22. The zero-order chi connectivity index (χ0) is 8.48. The summed E-state index contributed by atoms with van der Waals surface area (Å²) in [5, 5.41) is 8.58. The molecule has 64 valence electrons. The Morgan fingerprint density at radius 1 is 1.73 bits per heavy atom. The van der Waals surface area contributed by atoms with Gasteiger partial charge in [0.1, 0.15) is 5.67 Å². The van der Waals surface area contributed by atoms with E-state index in [4.69, 9.17) is 10.8 Å². The number of alkyl halides is 1. The lowest BCUT2D eigenvalue weighted by atomic mass is 9.98. The molecule has 3 nitrogen and oxygen atoms in total. The van der Waals surface area contributed by atoms with E-state index in [9.17, 15) is 9.18 Å². The number of nitrogens with two attached hydrogens (primary N) is 1. The number of carbonyl (C=O) groups is 1. The topological polar surface area (TPSA) is 63.3 Å². The van der Waals surface area contributed by atoms with Crippen LogP contribution in [0.3, 0.4) is 0 Å². The molecule has 0 aromatic rings. The van der Waals surface area contributed by atoms with Crippen molar-refractivity contribution in [1.29, 1.82) is 0 Å². The van der Waals surface area contributed by atoms with Gasteiger partial charge in [-0.25, -0.2) is 4.39 Å². The lowest BCUT2D eigenvalue weighted by Gasteiger charge is -2.13. The maximum Gasteiger partial charge on any atom is 0.309 e. The Morgan fingerprint density at radius 2 is 2.27 bits per heavy atom. The summed E-state index contributed by atoms with van der Waals surface area (Å²) < 4.78 is 13.2. The highest BCUT2D eigenvalue weighted by atomic mass is 19.1. The van der Waals surface area contributed by atoms with Gasteiger partial charge in [0.05, 0.1) is 5.92 Å². The van der Waals surface area contributed by atoms with Gasteiger partial charge in [0.15, 0.2) is 0 Å². The molecule has 0 aromatic heterocycles. The van der Waals surface area contributed by atoms with E-state index >= 15 is 0 Å². The van der Waals surface area contributed by atoms with Crippen molar-refractivity contribution in [3.8, 4) is 0 Å². The fourth-order valence-electron chi connectivity index (χ4n) is 1.24. The van der Waals surface area contributed by atoms with Crippen LogP contribution in [0.5, 0.6) is 0 Å². The van der Waals surface area contributed by atoms with Crippen LogP contribution in [0.15, 0.2) is 0 Å². The first kappa shape index (κ1) is 8.46. The molecule has 1 rings (SSSR count). The van der Waals surface area contributed by atoms with Gasteiger partial charge in [0.25, 0.3) is 0 Å². The van der Waals surface area contributed by atoms with Crippen molar-refractivity contribution < 1.29 is 14.3 Å². The van der Waals surface area contributed by atoms with Crippen LogP contribution in [-0.4, -0.2) is 23.3 Å². The molecule has 1 fully saturated rings. The maximum atomic E-state index is 13.2. The van der Waals surface area contributed by atoms with E-state index < -0.39 is 17.6 Å². The van der Waals surface area contributed by atoms with Crippen molar-refractivity contribution in [2.75, 3.05) is 6.54 Å². The van der Waals surface area contributed by atoms with E-state index in [0.717, 1.165) is 0 Å². The van der Waals surface area contributed by atoms with Crippen molar-refractivity contribution >= 4 is 5.97 Å². The van der Waals surface area contributed by atoms with Crippen molar-refractivity contribution in [3.63, 3.8) is 0 Å². The Kier molecular flexibility index (Phi) is 2.13. The molecule has 1 aliphatic rings. The van der Waals surface area contributed by atoms with Gasteiger partial charge in [-0.1, -0.05) is 0 Å². The van der Waals surface area contributed by atoms with E-state index in [0.29, 0.717) is 12.8 Å². The minimum Gasteiger partial charge on any atom is -0.481 e. The highest BCUT2D eigenvalue weighted by Crippen LogP contribution is 2.47. The van der Waals surface area contributed by atoms with Crippen LogP contribution >= 0.6 is 0 Å². The Morgan fingerprint density at radius 3 is 2.55 bits per heavy atom. The van der Waals surface area contributed by atoms with Gasteiger partial charge >= 0.3 is 5.97 Å². The third-order valence-electron chi connectivity index (χ3n) is 2.11. The van der Waals surface area contributed by atoms with Crippen molar-refractivity contribution in [2.45, 2.75) is 24.9 Å². The summed E-state index contributed by atoms with van der Waals surface area (Å²) >= 11 is 0. The van der Waals surface area contributed by atoms with Crippen LogP contribution in [0.4, 0.5) is 4.39 Å². The second-order valence-corrected chi connectivity index (χ2v) is 3.00. The molecule has 0 spiro atoms.